The minimum absolute atomic E-state index is 0.319. The quantitative estimate of drug-likeness (QED) is 0.433. The van der Waals surface area contributed by atoms with Crippen molar-refractivity contribution in [2.75, 3.05) is 14.1 Å². The maximum Gasteiger partial charge on any atom is 0.123 e. The van der Waals surface area contributed by atoms with Gasteiger partial charge in [0.2, 0.25) is 0 Å². The van der Waals surface area contributed by atoms with Crippen molar-refractivity contribution in [3.63, 3.8) is 0 Å². The fraction of sp³-hybridized carbons (Fsp3) is 0.167. The molecule has 1 N–H and O–H groups in total. The van der Waals surface area contributed by atoms with E-state index in [1.54, 1.807) is 23.5 Å². The molecule has 1 aromatic carbocycles. The van der Waals surface area contributed by atoms with E-state index in [1.807, 2.05) is 37.8 Å². The van der Waals surface area contributed by atoms with E-state index in [1.165, 1.54) is 12.1 Å². The van der Waals surface area contributed by atoms with Gasteiger partial charge in [0.1, 0.15) is 16.5 Å². The van der Waals surface area contributed by atoms with Crippen LogP contribution in [0, 0.1) is 5.82 Å². The third-order valence-electron chi connectivity index (χ3n) is 3.65. The average molecular weight is 343 g/mol. The molecule has 0 atom stereocenters. The first-order valence-corrected chi connectivity index (χ1v) is 8.35. The van der Waals surface area contributed by atoms with E-state index in [-0.39, 0.29) is 5.82 Å². The summed E-state index contributed by atoms with van der Waals surface area (Å²) in [4.78, 5) is 2.10. The Labute approximate surface area is 144 Å². The van der Waals surface area contributed by atoms with Gasteiger partial charge in [-0.05, 0) is 61.9 Å². The van der Waals surface area contributed by atoms with E-state index >= 15 is 0 Å². The standard InChI is InChI=1S/C18H18FN3OS/c1-21(2)12-15-4-3-10-22(15)18-16(9-11-24-18)17(20-23)13-5-7-14(19)8-6-13/h3-11,23H,12H2,1-2H3/b20-17-. The normalized spacial score (nSPS) is 12.1. The van der Waals surface area contributed by atoms with Gasteiger partial charge in [0.05, 0.1) is 0 Å². The van der Waals surface area contributed by atoms with Gasteiger partial charge in [0.15, 0.2) is 0 Å². The molecule has 0 saturated heterocycles. The zero-order valence-corrected chi connectivity index (χ0v) is 14.3. The molecule has 0 fully saturated rings. The van der Waals surface area contributed by atoms with Gasteiger partial charge in [0, 0.05) is 29.6 Å². The fourth-order valence-corrected chi connectivity index (χ4v) is 3.53. The van der Waals surface area contributed by atoms with Gasteiger partial charge < -0.3 is 14.7 Å². The van der Waals surface area contributed by atoms with Gasteiger partial charge in [-0.15, -0.1) is 11.3 Å². The zero-order chi connectivity index (χ0) is 17.1. The molecule has 24 heavy (non-hydrogen) atoms. The molecule has 0 aliphatic heterocycles. The summed E-state index contributed by atoms with van der Waals surface area (Å²) < 4.78 is 15.3. The number of oxime groups is 1. The van der Waals surface area contributed by atoms with Crippen LogP contribution in [0.15, 0.2) is 59.2 Å². The first-order chi connectivity index (χ1) is 11.6. The molecule has 3 rings (SSSR count). The summed E-state index contributed by atoms with van der Waals surface area (Å²) in [7, 11) is 4.04. The van der Waals surface area contributed by atoms with Gasteiger partial charge in [-0.25, -0.2) is 4.39 Å². The Bertz CT molecular complexity index is 849. The van der Waals surface area contributed by atoms with Crippen LogP contribution in [0.5, 0.6) is 0 Å². The summed E-state index contributed by atoms with van der Waals surface area (Å²) in [6, 6.07) is 11.9. The maximum atomic E-state index is 13.2. The molecule has 2 heterocycles. The van der Waals surface area contributed by atoms with Crippen molar-refractivity contribution in [3.05, 3.63) is 76.7 Å². The van der Waals surface area contributed by atoms with Crippen LogP contribution in [-0.2, 0) is 6.54 Å². The van der Waals surface area contributed by atoms with Crippen molar-refractivity contribution in [2.45, 2.75) is 6.54 Å². The van der Waals surface area contributed by atoms with Crippen molar-refractivity contribution in [3.8, 4) is 5.00 Å². The number of hydrogen-bond acceptors (Lipinski definition) is 4. The van der Waals surface area contributed by atoms with Crippen LogP contribution in [0.3, 0.4) is 0 Å². The SMILES string of the molecule is CN(C)Cc1cccn1-c1sccc1/C(=N\O)c1ccc(F)cc1. The van der Waals surface area contributed by atoms with Crippen LogP contribution in [0.25, 0.3) is 5.00 Å². The van der Waals surface area contributed by atoms with Crippen LogP contribution in [0.1, 0.15) is 16.8 Å². The van der Waals surface area contributed by atoms with E-state index in [0.717, 1.165) is 22.8 Å². The highest BCUT2D eigenvalue weighted by molar-refractivity contribution is 7.13. The lowest BCUT2D eigenvalue weighted by Crippen LogP contribution is -2.14. The van der Waals surface area contributed by atoms with Crippen LogP contribution < -0.4 is 0 Å². The van der Waals surface area contributed by atoms with Crippen LogP contribution in [0.2, 0.25) is 0 Å². The Morgan fingerprint density at radius 2 is 1.96 bits per heavy atom. The fourth-order valence-electron chi connectivity index (χ4n) is 2.61. The minimum atomic E-state index is -0.319. The molecule has 124 valence electrons. The first-order valence-electron chi connectivity index (χ1n) is 7.47. The Hall–Kier alpha value is -2.44. The Morgan fingerprint density at radius 1 is 1.21 bits per heavy atom. The van der Waals surface area contributed by atoms with E-state index < -0.39 is 0 Å². The van der Waals surface area contributed by atoms with E-state index in [9.17, 15) is 9.60 Å². The van der Waals surface area contributed by atoms with Gasteiger partial charge in [0.25, 0.3) is 0 Å². The molecule has 0 unspecified atom stereocenters. The van der Waals surface area contributed by atoms with Crippen LogP contribution in [0.4, 0.5) is 4.39 Å². The molecule has 6 heteroatoms. The van der Waals surface area contributed by atoms with Crippen LogP contribution >= 0.6 is 11.3 Å². The van der Waals surface area contributed by atoms with Crippen LogP contribution in [-0.4, -0.2) is 34.5 Å². The molecule has 0 aliphatic carbocycles. The second-order valence-electron chi connectivity index (χ2n) is 5.70. The smallest absolute Gasteiger partial charge is 0.123 e. The molecule has 3 aromatic rings. The third kappa shape index (κ3) is 3.25. The summed E-state index contributed by atoms with van der Waals surface area (Å²) in [5, 5.41) is 15.9. The van der Waals surface area contributed by atoms with Crippen molar-refractivity contribution in [1.29, 1.82) is 0 Å². The Kier molecular flexibility index (Phi) is 4.78. The van der Waals surface area contributed by atoms with Crippen molar-refractivity contribution in [1.82, 2.24) is 9.47 Å². The molecule has 0 saturated carbocycles. The molecule has 0 bridgehead atoms. The lowest BCUT2D eigenvalue weighted by molar-refractivity contribution is 0.319. The van der Waals surface area contributed by atoms with Gasteiger partial charge in [-0.1, -0.05) is 5.16 Å². The lowest BCUT2D eigenvalue weighted by atomic mass is 10.0. The van der Waals surface area contributed by atoms with Gasteiger partial charge in [-0.3, -0.25) is 0 Å². The number of halogens is 1. The summed E-state index contributed by atoms with van der Waals surface area (Å²) in [5.41, 5.74) is 3.04. The van der Waals surface area contributed by atoms with Gasteiger partial charge in [-0.2, -0.15) is 0 Å². The molecule has 0 radical (unpaired) electrons. The Balaban J connectivity index is 2.04. The second kappa shape index (κ2) is 6.98. The molecule has 2 aromatic heterocycles. The minimum Gasteiger partial charge on any atom is -0.410 e. The highest BCUT2D eigenvalue weighted by Gasteiger charge is 2.17. The number of aromatic nitrogens is 1. The van der Waals surface area contributed by atoms with Crippen molar-refractivity contribution >= 4 is 17.0 Å². The summed E-state index contributed by atoms with van der Waals surface area (Å²) >= 11 is 1.57. The topological polar surface area (TPSA) is 40.8 Å². The highest BCUT2D eigenvalue weighted by Crippen LogP contribution is 2.27. The molecular weight excluding hydrogens is 325 g/mol. The summed E-state index contributed by atoms with van der Waals surface area (Å²) in [6.07, 6.45) is 1.99. The van der Waals surface area contributed by atoms with E-state index in [4.69, 9.17) is 0 Å². The van der Waals surface area contributed by atoms with Gasteiger partial charge >= 0.3 is 0 Å². The predicted molar refractivity (Wildman–Crippen MR) is 94.9 cm³/mol. The predicted octanol–water partition coefficient (Wildman–Crippen LogP) is 3.97. The summed E-state index contributed by atoms with van der Waals surface area (Å²) in [6.45, 7) is 0.798. The molecular formula is C18H18FN3OS. The van der Waals surface area contributed by atoms with E-state index in [2.05, 4.69) is 20.7 Å². The van der Waals surface area contributed by atoms with Crippen molar-refractivity contribution in [2.24, 2.45) is 5.16 Å². The number of thiophene rings is 1. The molecule has 0 spiro atoms. The first kappa shape index (κ1) is 16.4. The second-order valence-corrected chi connectivity index (χ2v) is 6.60. The number of hydrogen-bond donors (Lipinski definition) is 1. The van der Waals surface area contributed by atoms with Crippen molar-refractivity contribution < 1.29 is 9.60 Å². The zero-order valence-electron chi connectivity index (χ0n) is 13.5. The summed E-state index contributed by atoms with van der Waals surface area (Å²) in [5.74, 6) is -0.319. The molecule has 4 nitrogen and oxygen atoms in total. The molecule has 0 amide bonds. The number of rotatable bonds is 5. The number of nitrogens with zero attached hydrogens (tertiary/aromatic N) is 3. The Morgan fingerprint density at radius 3 is 2.62 bits per heavy atom. The number of benzene rings is 1. The molecule has 0 aliphatic rings. The maximum absolute atomic E-state index is 13.2. The monoisotopic (exact) mass is 343 g/mol. The average Bonchev–Trinajstić information content (AvgIpc) is 3.18. The third-order valence-corrected chi connectivity index (χ3v) is 4.56. The van der Waals surface area contributed by atoms with E-state index in [0.29, 0.717) is 11.3 Å². The largest absolute Gasteiger partial charge is 0.410 e. The highest BCUT2D eigenvalue weighted by atomic mass is 32.1. The lowest BCUT2D eigenvalue weighted by Gasteiger charge is -2.14.